The van der Waals surface area contributed by atoms with Crippen molar-refractivity contribution in [2.75, 3.05) is 24.7 Å². The lowest BCUT2D eigenvalue weighted by molar-refractivity contribution is -0.120. The summed E-state index contributed by atoms with van der Waals surface area (Å²) in [6.07, 6.45) is -0.0152. The molecule has 0 aliphatic rings. The molecule has 0 bridgehead atoms. The van der Waals surface area contributed by atoms with E-state index < -0.39 is 11.7 Å². The highest BCUT2D eigenvalue weighted by molar-refractivity contribution is 5.95. The van der Waals surface area contributed by atoms with Gasteiger partial charge < -0.3 is 20.1 Å². The van der Waals surface area contributed by atoms with E-state index in [4.69, 9.17) is 15.2 Å². The second-order valence-electron chi connectivity index (χ2n) is 5.41. The molecule has 0 heterocycles. The number of nitrogens with two attached hydrogens (primary N) is 1. The van der Waals surface area contributed by atoms with Crippen molar-refractivity contribution in [1.82, 2.24) is 0 Å². The minimum atomic E-state index is -0.535. The quantitative estimate of drug-likeness (QED) is 0.745. The zero-order chi connectivity index (χ0) is 18.9. The molecule has 2 rings (SSSR count). The second kappa shape index (κ2) is 9.41. The van der Waals surface area contributed by atoms with Crippen LogP contribution in [0.1, 0.15) is 13.3 Å². The minimum Gasteiger partial charge on any atom is -0.490 e. The number of carbonyl (C=O) groups excluding carboxylic acids is 2. The SMILES string of the molecule is CCOc1ccccc1OCC(=O)N(CCC(N)=O)c1ccc(F)cc1. The van der Waals surface area contributed by atoms with Crippen molar-refractivity contribution < 1.29 is 23.5 Å². The third-order valence-corrected chi connectivity index (χ3v) is 3.52. The summed E-state index contributed by atoms with van der Waals surface area (Å²) in [7, 11) is 0. The van der Waals surface area contributed by atoms with E-state index in [-0.39, 0.29) is 25.5 Å². The first-order valence-corrected chi connectivity index (χ1v) is 8.20. The maximum atomic E-state index is 13.1. The number of nitrogens with zero attached hydrogens (tertiary/aromatic N) is 1. The summed E-state index contributed by atoms with van der Waals surface area (Å²) in [6.45, 7) is 2.13. The van der Waals surface area contributed by atoms with Crippen LogP contribution in [0.25, 0.3) is 0 Å². The van der Waals surface area contributed by atoms with Crippen LogP contribution in [0.15, 0.2) is 48.5 Å². The maximum Gasteiger partial charge on any atom is 0.264 e. The second-order valence-corrected chi connectivity index (χ2v) is 5.41. The van der Waals surface area contributed by atoms with Gasteiger partial charge in [0, 0.05) is 18.7 Å². The van der Waals surface area contributed by atoms with Crippen LogP contribution < -0.4 is 20.1 Å². The third kappa shape index (κ3) is 5.47. The van der Waals surface area contributed by atoms with Gasteiger partial charge in [-0.3, -0.25) is 9.59 Å². The molecule has 0 aromatic heterocycles. The normalized spacial score (nSPS) is 10.2. The van der Waals surface area contributed by atoms with E-state index in [1.54, 1.807) is 24.3 Å². The van der Waals surface area contributed by atoms with E-state index in [1.165, 1.54) is 29.2 Å². The first-order valence-electron chi connectivity index (χ1n) is 8.20. The van der Waals surface area contributed by atoms with Crippen molar-refractivity contribution in [3.8, 4) is 11.5 Å². The molecule has 0 spiro atoms. The van der Waals surface area contributed by atoms with E-state index in [0.29, 0.717) is 23.8 Å². The van der Waals surface area contributed by atoms with Crippen LogP contribution in [-0.4, -0.2) is 31.6 Å². The summed E-state index contributed by atoms with van der Waals surface area (Å²) >= 11 is 0. The van der Waals surface area contributed by atoms with Crippen molar-refractivity contribution >= 4 is 17.5 Å². The number of anilines is 1. The number of amides is 2. The molecule has 0 saturated heterocycles. The number of rotatable bonds is 9. The lowest BCUT2D eigenvalue weighted by atomic mass is 10.2. The van der Waals surface area contributed by atoms with Crippen molar-refractivity contribution in [1.29, 1.82) is 0 Å². The number of hydrogen-bond acceptors (Lipinski definition) is 4. The molecule has 0 unspecified atom stereocenters. The van der Waals surface area contributed by atoms with E-state index in [9.17, 15) is 14.0 Å². The van der Waals surface area contributed by atoms with E-state index in [0.717, 1.165) is 0 Å². The van der Waals surface area contributed by atoms with Gasteiger partial charge in [0.1, 0.15) is 5.82 Å². The van der Waals surface area contributed by atoms with Crippen LogP contribution in [0.4, 0.5) is 10.1 Å². The molecule has 2 aromatic carbocycles. The predicted octanol–water partition coefficient (Wildman–Crippen LogP) is 2.51. The van der Waals surface area contributed by atoms with Gasteiger partial charge in [-0.25, -0.2) is 4.39 Å². The van der Waals surface area contributed by atoms with Gasteiger partial charge in [-0.05, 0) is 43.3 Å². The van der Waals surface area contributed by atoms with Crippen molar-refractivity contribution in [3.05, 3.63) is 54.3 Å². The van der Waals surface area contributed by atoms with Crippen LogP contribution in [0.3, 0.4) is 0 Å². The largest absolute Gasteiger partial charge is 0.490 e. The summed E-state index contributed by atoms with van der Waals surface area (Å²) in [5, 5.41) is 0. The Morgan fingerprint density at radius 1 is 1.04 bits per heavy atom. The Morgan fingerprint density at radius 3 is 2.23 bits per heavy atom. The van der Waals surface area contributed by atoms with Gasteiger partial charge in [0.15, 0.2) is 18.1 Å². The summed E-state index contributed by atoms with van der Waals surface area (Å²) < 4.78 is 24.2. The van der Waals surface area contributed by atoms with Gasteiger partial charge in [0.05, 0.1) is 6.61 Å². The number of benzene rings is 2. The van der Waals surface area contributed by atoms with Gasteiger partial charge in [-0.15, -0.1) is 0 Å². The van der Waals surface area contributed by atoms with E-state index in [2.05, 4.69) is 0 Å². The molecule has 6 nitrogen and oxygen atoms in total. The molecule has 2 amide bonds. The average molecular weight is 360 g/mol. The molecule has 0 aliphatic heterocycles. The van der Waals surface area contributed by atoms with Gasteiger partial charge >= 0.3 is 0 Å². The van der Waals surface area contributed by atoms with Crippen molar-refractivity contribution in [3.63, 3.8) is 0 Å². The smallest absolute Gasteiger partial charge is 0.264 e. The zero-order valence-corrected chi connectivity index (χ0v) is 14.5. The van der Waals surface area contributed by atoms with Gasteiger partial charge in [-0.2, -0.15) is 0 Å². The number of halogens is 1. The summed E-state index contributed by atoms with van der Waals surface area (Å²) in [5.41, 5.74) is 5.63. The molecule has 26 heavy (non-hydrogen) atoms. The monoisotopic (exact) mass is 360 g/mol. The first kappa shape index (κ1) is 19.2. The molecule has 0 fully saturated rings. The van der Waals surface area contributed by atoms with Crippen LogP contribution in [0, 0.1) is 5.82 Å². The number of para-hydroxylation sites is 2. The number of ether oxygens (including phenoxy) is 2. The average Bonchev–Trinajstić information content (AvgIpc) is 2.62. The fraction of sp³-hybridized carbons (Fsp3) is 0.263. The fourth-order valence-corrected chi connectivity index (χ4v) is 2.30. The molecular formula is C19H21FN2O4. The summed E-state index contributed by atoms with van der Waals surface area (Å²) in [6, 6.07) is 12.4. The fourth-order valence-electron chi connectivity index (χ4n) is 2.30. The molecule has 0 radical (unpaired) electrons. The van der Waals surface area contributed by atoms with Gasteiger partial charge in [-0.1, -0.05) is 12.1 Å². The van der Waals surface area contributed by atoms with Crippen LogP contribution >= 0.6 is 0 Å². The van der Waals surface area contributed by atoms with Gasteiger partial charge in [0.25, 0.3) is 5.91 Å². The highest BCUT2D eigenvalue weighted by atomic mass is 19.1. The highest BCUT2D eigenvalue weighted by Crippen LogP contribution is 2.26. The molecule has 7 heteroatoms. The third-order valence-electron chi connectivity index (χ3n) is 3.52. The molecule has 0 atom stereocenters. The molecule has 0 aliphatic carbocycles. The number of primary amides is 1. The van der Waals surface area contributed by atoms with Crippen LogP contribution in [-0.2, 0) is 9.59 Å². The van der Waals surface area contributed by atoms with Gasteiger partial charge in [0.2, 0.25) is 5.91 Å². The maximum absolute atomic E-state index is 13.1. The Bertz CT molecular complexity index is 749. The minimum absolute atomic E-state index is 0.0152. The lowest BCUT2D eigenvalue weighted by Crippen LogP contribution is -2.37. The van der Waals surface area contributed by atoms with E-state index >= 15 is 0 Å². The highest BCUT2D eigenvalue weighted by Gasteiger charge is 2.18. The Kier molecular flexibility index (Phi) is 6.96. The summed E-state index contributed by atoms with van der Waals surface area (Å²) in [5.74, 6) is -0.362. The molecule has 2 aromatic rings. The molecule has 138 valence electrons. The summed E-state index contributed by atoms with van der Waals surface area (Å²) in [4.78, 5) is 25.0. The molecular weight excluding hydrogens is 339 g/mol. The lowest BCUT2D eigenvalue weighted by Gasteiger charge is -2.22. The Labute approximate surface area is 151 Å². The number of hydrogen-bond donors (Lipinski definition) is 1. The Balaban J connectivity index is 2.11. The van der Waals surface area contributed by atoms with Crippen molar-refractivity contribution in [2.45, 2.75) is 13.3 Å². The first-order chi connectivity index (χ1) is 12.5. The topological polar surface area (TPSA) is 81.9 Å². The van der Waals surface area contributed by atoms with E-state index in [1.807, 2.05) is 6.92 Å². The Hall–Kier alpha value is -3.09. The standard InChI is InChI=1S/C19H21FN2O4/c1-2-25-16-5-3-4-6-17(16)26-13-19(24)22(12-11-18(21)23)15-9-7-14(20)8-10-15/h3-10H,2,11-13H2,1H3,(H2,21,23). The van der Waals surface area contributed by atoms with Crippen LogP contribution in [0.2, 0.25) is 0 Å². The Morgan fingerprint density at radius 2 is 1.65 bits per heavy atom. The number of carbonyl (C=O) groups is 2. The van der Waals surface area contributed by atoms with Crippen molar-refractivity contribution in [2.24, 2.45) is 5.73 Å². The predicted molar refractivity (Wildman–Crippen MR) is 95.7 cm³/mol. The molecule has 0 saturated carbocycles. The zero-order valence-electron chi connectivity index (χ0n) is 14.5. The molecule has 2 N–H and O–H groups in total. The van der Waals surface area contributed by atoms with Crippen LogP contribution in [0.5, 0.6) is 11.5 Å².